The average Bonchev–Trinajstić information content (AvgIpc) is 2.70. The van der Waals surface area contributed by atoms with Gasteiger partial charge in [0.15, 0.2) is 4.77 Å². The Bertz CT molecular complexity index is 606. The smallest absolute Gasteiger partial charge is 0.229 e. The maximum absolute atomic E-state index is 5.28. The van der Waals surface area contributed by atoms with E-state index in [1.807, 2.05) is 11.6 Å². The van der Waals surface area contributed by atoms with E-state index in [1.54, 1.807) is 0 Å². The molecule has 0 aliphatic heterocycles. The molecule has 1 N–H and O–H groups in total. The predicted molar refractivity (Wildman–Crippen MR) is 81.7 cm³/mol. The van der Waals surface area contributed by atoms with E-state index in [0.29, 0.717) is 4.77 Å². The van der Waals surface area contributed by atoms with E-state index in [1.165, 1.54) is 11.1 Å². The molecule has 2 aromatic rings. The molecule has 0 saturated carbocycles. The number of benzene rings is 1. The number of H-pyrrole nitrogens is 1. The number of hydrogen-bond donors (Lipinski definition) is 1. The van der Waals surface area contributed by atoms with Crippen molar-refractivity contribution in [1.82, 2.24) is 14.8 Å². The van der Waals surface area contributed by atoms with Crippen molar-refractivity contribution in [2.24, 2.45) is 0 Å². The van der Waals surface area contributed by atoms with Crippen molar-refractivity contribution in [3.63, 3.8) is 0 Å². The predicted octanol–water partition coefficient (Wildman–Crippen LogP) is 3.74. The van der Waals surface area contributed by atoms with E-state index in [9.17, 15) is 0 Å². The quantitative estimate of drug-likeness (QED) is 0.864. The van der Waals surface area contributed by atoms with Gasteiger partial charge in [-0.05, 0) is 55.7 Å². The van der Waals surface area contributed by atoms with Crippen molar-refractivity contribution >= 4 is 23.9 Å². The first kappa shape index (κ1) is 13.8. The van der Waals surface area contributed by atoms with Crippen molar-refractivity contribution < 1.29 is 0 Å². The number of nitrogens with one attached hydrogen (secondary N) is 1. The zero-order valence-electron chi connectivity index (χ0n) is 11.9. The van der Waals surface area contributed by atoms with Crippen LogP contribution in [0.1, 0.15) is 24.5 Å². The number of aromatic amines is 1. The van der Waals surface area contributed by atoms with Crippen LogP contribution in [0, 0.1) is 18.6 Å². The molecule has 102 valence electrons. The van der Waals surface area contributed by atoms with Crippen molar-refractivity contribution in [2.75, 3.05) is 11.9 Å². The molecule has 0 spiro atoms. The summed E-state index contributed by atoms with van der Waals surface area (Å²) in [5, 5.41) is 7.22. The zero-order chi connectivity index (χ0) is 14.0. The topological polar surface area (TPSA) is 36.9 Å². The second kappa shape index (κ2) is 5.57. The van der Waals surface area contributed by atoms with E-state index >= 15 is 0 Å². The molecule has 1 aromatic heterocycles. The van der Waals surface area contributed by atoms with Crippen molar-refractivity contribution in [1.29, 1.82) is 0 Å². The molecule has 0 atom stereocenters. The van der Waals surface area contributed by atoms with Gasteiger partial charge in [0.05, 0.1) is 0 Å². The van der Waals surface area contributed by atoms with Gasteiger partial charge in [0.1, 0.15) is 0 Å². The molecule has 1 aromatic carbocycles. The molecule has 0 radical (unpaired) electrons. The molecule has 0 fully saturated rings. The third-order valence-electron chi connectivity index (χ3n) is 3.08. The molecule has 1 heterocycles. The minimum Gasteiger partial charge on any atom is -0.314 e. The Hall–Kier alpha value is -1.62. The van der Waals surface area contributed by atoms with Crippen LogP contribution in [-0.2, 0) is 6.54 Å². The SMILES string of the molecule is CCCn1c(N(C)c2cc(C)cc(C)c2)n[nH]c1=S. The van der Waals surface area contributed by atoms with Crippen LogP contribution in [-0.4, -0.2) is 21.8 Å². The van der Waals surface area contributed by atoms with E-state index in [0.717, 1.165) is 24.6 Å². The van der Waals surface area contributed by atoms with Crippen molar-refractivity contribution in [3.8, 4) is 0 Å². The Labute approximate surface area is 119 Å². The fourth-order valence-corrected chi connectivity index (χ4v) is 2.47. The fourth-order valence-electron chi connectivity index (χ4n) is 2.25. The summed E-state index contributed by atoms with van der Waals surface area (Å²) in [4.78, 5) is 2.07. The van der Waals surface area contributed by atoms with Gasteiger partial charge >= 0.3 is 0 Å². The summed E-state index contributed by atoms with van der Waals surface area (Å²) in [5.41, 5.74) is 3.62. The van der Waals surface area contributed by atoms with Crippen LogP contribution in [0.3, 0.4) is 0 Å². The highest BCUT2D eigenvalue weighted by atomic mass is 32.1. The Morgan fingerprint density at radius 3 is 2.47 bits per heavy atom. The van der Waals surface area contributed by atoms with Crippen molar-refractivity contribution in [2.45, 2.75) is 33.7 Å². The minimum absolute atomic E-state index is 0.674. The molecule has 5 heteroatoms. The zero-order valence-corrected chi connectivity index (χ0v) is 12.7. The largest absolute Gasteiger partial charge is 0.314 e. The normalized spacial score (nSPS) is 10.7. The first-order chi connectivity index (χ1) is 9.02. The van der Waals surface area contributed by atoms with Gasteiger partial charge in [-0.3, -0.25) is 4.57 Å². The maximum Gasteiger partial charge on any atom is 0.229 e. The molecule has 0 bridgehead atoms. The molecule has 0 amide bonds. The Balaban J connectivity index is 2.43. The summed E-state index contributed by atoms with van der Waals surface area (Å²) >= 11 is 5.28. The van der Waals surface area contributed by atoms with Gasteiger partial charge in [-0.2, -0.15) is 0 Å². The van der Waals surface area contributed by atoms with Gasteiger partial charge in [0.25, 0.3) is 0 Å². The van der Waals surface area contributed by atoms with Crippen LogP contribution >= 0.6 is 12.2 Å². The highest BCUT2D eigenvalue weighted by Crippen LogP contribution is 2.24. The standard InChI is InChI=1S/C14H20N4S/c1-5-6-18-13(15-16-14(18)19)17(4)12-8-10(2)7-11(3)9-12/h7-9H,5-6H2,1-4H3,(H,16,19). The van der Waals surface area contributed by atoms with E-state index in [-0.39, 0.29) is 0 Å². The van der Waals surface area contributed by atoms with Crippen LogP contribution in [0.15, 0.2) is 18.2 Å². The summed E-state index contributed by atoms with van der Waals surface area (Å²) in [7, 11) is 2.02. The fraction of sp³-hybridized carbons (Fsp3) is 0.429. The van der Waals surface area contributed by atoms with Crippen LogP contribution in [0.4, 0.5) is 11.6 Å². The Morgan fingerprint density at radius 1 is 1.26 bits per heavy atom. The summed E-state index contributed by atoms with van der Waals surface area (Å²) < 4.78 is 2.71. The number of aryl methyl sites for hydroxylation is 2. The van der Waals surface area contributed by atoms with Gasteiger partial charge in [0.2, 0.25) is 5.95 Å². The highest BCUT2D eigenvalue weighted by Gasteiger charge is 2.12. The first-order valence-electron chi connectivity index (χ1n) is 6.50. The molecule has 0 aliphatic rings. The third kappa shape index (κ3) is 2.87. The molecular weight excluding hydrogens is 256 g/mol. The molecule has 19 heavy (non-hydrogen) atoms. The van der Waals surface area contributed by atoms with Crippen LogP contribution in [0.25, 0.3) is 0 Å². The van der Waals surface area contributed by atoms with Gasteiger partial charge in [0, 0.05) is 19.3 Å². The first-order valence-corrected chi connectivity index (χ1v) is 6.91. The minimum atomic E-state index is 0.674. The van der Waals surface area contributed by atoms with Crippen molar-refractivity contribution in [3.05, 3.63) is 34.1 Å². The van der Waals surface area contributed by atoms with E-state index < -0.39 is 0 Å². The number of aromatic nitrogens is 3. The average molecular weight is 276 g/mol. The number of hydrogen-bond acceptors (Lipinski definition) is 3. The van der Waals surface area contributed by atoms with Crippen LogP contribution in [0.2, 0.25) is 0 Å². The number of anilines is 2. The Morgan fingerprint density at radius 2 is 1.89 bits per heavy atom. The second-order valence-electron chi connectivity index (χ2n) is 4.89. The lowest BCUT2D eigenvalue weighted by Crippen LogP contribution is -2.16. The third-order valence-corrected chi connectivity index (χ3v) is 3.39. The van der Waals surface area contributed by atoms with Gasteiger partial charge in [-0.1, -0.05) is 13.0 Å². The van der Waals surface area contributed by atoms with Gasteiger partial charge in [-0.15, -0.1) is 5.10 Å². The number of nitrogens with zero attached hydrogens (tertiary/aromatic N) is 3. The Kier molecular flexibility index (Phi) is 4.04. The lowest BCUT2D eigenvalue weighted by Gasteiger charge is -2.20. The van der Waals surface area contributed by atoms with Gasteiger partial charge in [-0.25, -0.2) is 5.10 Å². The van der Waals surface area contributed by atoms with E-state index in [2.05, 4.69) is 54.1 Å². The molecule has 2 rings (SSSR count). The highest BCUT2D eigenvalue weighted by molar-refractivity contribution is 7.71. The summed E-state index contributed by atoms with van der Waals surface area (Å²) in [6.45, 7) is 7.22. The molecule has 0 unspecified atom stereocenters. The number of rotatable bonds is 4. The maximum atomic E-state index is 5.28. The molecule has 0 aliphatic carbocycles. The van der Waals surface area contributed by atoms with E-state index in [4.69, 9.17) is 12.2 Å². The van der Waals surface area contributed by atoms with Crippen LogP contribution in [0.5, 0.6) is 0 Å². The summed E-state index contributed by atoms with van der Waals surface area (Å²) in [6.07, 6.45) is 1.03. The lowest BCUT2D eigenvalue weighted by molar-refractivity contribution is 0.667. The molecular formula is C14H20N4S. The molecule has 0 saturated heterocycles. The lowest BCUT2D eigenvalue weighted by atomic mass is 10.1. The summed E-state index contributed by atoms with van der Waals surface area (Å²) in [5.74, 6) is 0.858. The summed E-state index contributed by atoms with van der Waals surface area (Å²) in [6, 6.07) is 6.47. The monoisotopic (exact) mass is 276 g/mol. The molecule has 4 nitrogen and oxygen atoms in total. The van der Waals surface area contributed by atoms with Crippen LogP contribution < -0.4 is 4.90 Å². The van der Waals surface area contributed by atoms with Gasteiger partial charge < -0.3 is 4.90 Å². The second-order valence-corrected chi connectivity index (χ2v) is 5.27.